The fourth-order valence-electron chi connectivity index (χ4n) is 3.90. The zero-order chi connectivity index (χ0) is 25.2. The highest BCUT2D eigenvalue weighted by Gasteiger charge is 2.31. The smallest absolute Gasteiger partial charge is 0.389 e. The van der Waals surface area contributed by atoms with E-state index in [1.54, 1.807) is 23.7 Å². The molecule has 0 aliphatic carbocycles. The van der Waals surface area contributed by atoms with Gasteiger partial charge in [-0.05, 0) is 48.2 Å². The summed E-state index contributed by atoms with van der Waals surface area (Å²) in [7, 11) is 1.72. The van der Waals surface area contributed by atoms with E-state index in [1.807, 2.05) is 13.0 Å². The summed E-state index contributed by atoms with van der Waals surface area (Å²) in [6, 6.07) is 10.3. The first-order valence-electron chi connectivity index (χ1n) is 10.5. The number of carboxylic acids is 1. The SMILES string of the molecule is Cc1cc(Cl)c2cc(C(=O)N[C@H](CO)c3ccc(C(CCC(F)(F)F)C(=O)O)cc3)n(C)c2c1. The van der Waals surface area contributed by atoms with Crippen molar-refractivity contribution in [3.8, 4) is 0 Å². The number of nitrogens with zero attached hydrogens (tertiary/aromatic N) is 1. The van der Waals surface area contributed by atoms with Crippen LogP contribution in [0.2, 0.25) is 5.02 Å². The molecule has 2 aromatic carbocycles. The lowest BCUT2D eigenvalue weighted by atomic mass is 9.92. The Bertz CT molecular complexity index is 1210. The van der Waals surface area contributed by atoms with Crippen LogP contribution in [0.3, 0.4) is 0 Å². The normalized spacial score (nSPS) is 13.6. The summed E-state index contributed by atoms with van der Waals surface area (Å²) in [6.45, 7) is 1.45. The van der Waals surface area contributed by atoms with Crippen LogP contribution in [0.1, 0.15) is 52.0 Å². The van der Waals surface area contributed by atoms with Crippen LogP contribution >= 0.6 is 11.6 Å². The van der Waals surface area contributed by atoms with Crippen LogP contribution in [0.15, 0.2) is 42.5 Å². The summed E-state index contributed by atoms with van der Waals surface area (Å²) in [5, 5.41) is 23.1. The third-order valence-electron chi connectivity index (χ3n) is 5.73. The van der Waals surface area contributed by atoms with Crippen molar-refractivity contribution in [3.05, 3.63) is 69.9 Å². The molecule has 1 aromatic heterocycles. The van der Waals surface area contributed by atoms with E-state index in [0.717, 1.165) is 11.1 Å². The number of fused-ring (bicyclic) bond motifs is 1. The maximum absolute atomic E-state index is 12.9. The van der Waals surface area contributed by atoms with E-state index < -0.39 is 49.5 Å². The van der Waals surface area contributed by atoms with Crippen molar-refractivity contribution in [2.75, 3.05) is 6.61 Å². The standard InChI is InChI=1S/C24H24ClF3N2O4/c1-13-9-18(25)17-11-21(30(2)20(17)10-13)22(32)29-19(12-31)15-5-3-14(4-6-15)16(23(33)34)7-8-24(26,27)28/h3-6,9-11,16,19,31H,7-8,12H2,1-2H3,(H,29,32)(H,33,34)/t16?,19-/m1/s1. The molecule has 1 amide bonds. The minimum absolute atomic E-state index is 0.210. The Balaban J connectivity index is 1.80. The zero-order valence-electron chi connectivity index (χ0n) is 18.5. The molecule has 0 saturated carbocycles. The first kappa shape index (κ1) is 25.6. The van der Waals surface area contributed by atoms with Crippen LogP contribution in [0.4, 0.5) is 13.2 Å². The highest BCUT2D eigenvalue weighted by atomic mass is 35.5. The number of aromatic nitrogens is 1. The number of carbonyl (C=O) groups excluding carboxylic acids is 1. The maximum Gasteiger partial charge on any atom is 0.389 e. The molecular formula is C24H24ClF3N2O4. The van der Waals surface area contributed by atoms with E-state index in [1.165, 1.54) is 24.3 Å². The molecule has 2 atom stereocenters. The van der Waals surface area contributed by atoms with Gasteiger partial charge >= 0.3 is 12.1 Å². The van der Waals surface area contributed by atoms with E-state index in [9.17, 15) is 33.0 Å². The van der Waals surface area contributed by atoms with Gasteiger partial charge in [0.05, 0.1) is 29.1 Å². The number of aliphatic hydroxyl groups excluding tert-OH is 1. The van der Waals surface area contributed by atoms with Gasteiger partial charge in [0.15, 0.2) is 0 Å². The number of hydrogen-bond acceptors (Lipinski definition) is 3. The van der Waals surface area contributed by atoms with Gasteiger partial charge in [0.1, 0.15) is 5.69 Å². The fourth-order valence-corrected chi connectivity index (χ4v) is 4.23. The molecule has 0 saturated heterocycles. The molecule has 1 unspecified atom stereocenters. The molecule has 0 fully saturated rings. The topological polar surface area (TPSA) is 91.6 Å². The Morgan fingerprint density at radius 3 is 2.29 bits per heavy atom. The predicted molar refractivity (Wildman–Crippen MR) is 122 cm³/mol. The van der Waals surface area contributed by atoms with Crippen LogP contribution < -0.4 is 5.32 Å². The number of alkyl halides is 3. The number of halogens is 4. The van der Waals surface area contributed by atoms with Gasteiger partial charge in [-0.1, -0.05) is 35.9 Å². The Kier molecular flexibility index (Phi) is 7.57. The number of rotatable bonds is 8. The summed E-state index contributed by atoms with van der Waals surface area (Å²) < 4.78 is 39.3. The molecule has 3 rings (SSSR count). The average Bonchev–Trinajstić information content (AvgIpc) is 3.08. The molecule has 0 aliphatic rings. The van der Waals surface area contributed by atoms with Crippen LogP contribution in [0.25, 0.3) is 10.9 Å². The molecule has 0 spiro atoms. The van der Waals surface area contributed by atoms with E-state index >= 15 is 0 Å². The number of aryl methyl sites for hydroxylation is 2. The van der Waals surface area contributed by atoms with Gasteiger partial charge in [0, 0.05) is 18.9 Å². The van der Waals surface area contributed by atoms with E-state index in [4.69, 9.17) is 11.6 Å². The summed E-state index contributed by atoms with van der Waals surface area (Å²) >= 11 is 6.30. The van der Waals surface area contributed by atoms with Gasteiger partial charge in [-0.25, -0.2) is 0 Å². The highest BCUT2D eigenvalue weighted by Crippen LogP contribution is 2.31. The Morgan fingerprint density at radius 1 is 1.12 bits per heavy atom. The van der Waals surface area contributed by atoms with Crippen molar-refractivity contribution in [2.24, 2.45) is 7.05 Å². The molecule has 0 radical (unpaired) electrons. The zero-order valence-corrected chi connectivity index (χ0v) is 19.2. The first-order valence-corrected chi connectivity index (χ1v) is 10.9. The Morgan fingerprint density at radius 2 is 1.74 bits per heavy atom. The van der Waals surface area contributed by atoms with Crippen molar-refractivity contribution in [2.45, 2.75) is 37.9 Å². The number of aliphatic hydroxyl groups is 1. The van der Waals surface area contributed by atoms with Gasteiger partial charge in [0.25, 0.3) is 5.91 Å². The molecule has 0 aliphatic heterocycles. The Labute approximate surface area is 198 Å². The van der Waals surface area contributed by atoms with E-state index in [2.05, 4.69) is 5.32 Å². The minimum atomic E-state index is -4.45. The molecule has 182 valence electrons. The first-order chi connectivity index (χ1) is 15.9. The maximum atomic E-state index is 12.9. The largest absolute Gasteiger partial charge is 0.481 e. The second-order valence-electron chi connectivity index (χ2n) is 8.19. The second-order valence-corrected chi connectivity index (χ2v) is 8.60. The minimum Gasteiger partial charge on any atom is -0.481 e. The van der Waals surface area contributed by atoms with Crippen molar-refractivity contribution in [3.63, 3.8) is 0 Å². The van der Waals surface area contributed by atoms with Crippen LogP contribution in [0, 0.1) is 6.92 Å². The molecule has 3 aromatic rings. The van der Waals surface area contributed by atoms with Crippen LogP contribution in [0.5, 0.6) is 0 Å². The third-order valence-corrected chi connectivity index (χ3v) is 6.04. The van der Waals surface area contributed by atoms with Gasteiger partial charge in [-0.3, -0.25) is 9.59 Å². The molecule has 0 bridgehead atoms. The lowest BCUT2D eigenvalue weighted by Crippen LogP contribution is -2.32. The van der Waals surface area contributed by atoms with Gasteiger partial charge in [-0.2, -0.15) is 13.2 Å². The number of amides is 1. The van der Waals surface area contributed by atoms with Crippen LogP contribution in [-0.2, 0) is 11.8 Å². The summed E-state index contributed by atoms with van der Waals surface area (Å²) in [4.78, 5) is 24.4. The lowest BCUT2D eigenvalue weighted by molar-refractivity contribution is -0.145. The molecule has 3 N–H and O–H groups in total. The summed E-state index contributed by atoms with van der Waals surface area (Å²) in [5.41, 5.74) is 2.73. The number of carbonyl (C=O) groups is 2. The average molecular weight is 497 g/mol. The number of nitrogens with one attached hydrogen (secondary N) is 1. The van der Waals surface area contributed by atoms with Crippen molar-refractivity contribution in [1.82, 2.24) is 9.88 Å². The number of hydrogen-bond donors (Lipinski definition) is 3. The monoisotopic (exact) mass is 496 g/mol. The van der Waals surface area contributed by atoms with Crippen molar-refractivity contribution < 1.29 is 33.0 Å². The number of carboxylic acid groups (broad SMARTS) is 1. The van der Waals surface area contributed by atoms with Crippen LogP contribution in [-0.4, -0.2) is 39.4 Å². The number of benzene rings is 2. The molecule has 1 heterocycles. The molecule has 34 heavy (non-hydrogen) atoms. The van der Waals surface area contributed by atoms with Crippen molar-refractivity contribution in [1.29, 1.82) is 0 Å². The second kappa shape index (κ2) is 10.1. The lowest BCUT2D eigenvalue weighted by Gasteiger charge is -2.19. The molecular weight excluding hydrogens is 473 g/mol. The van der Waals surface area contributed by atoms with Gasteiger partial charge < -0.3 is 20.1 Å². The summed E-state index contributed by atoms with van der Waals surface area (Å²) in [5.74, 6) is -3.13. The summed E-state index contributed by atoms with van der Waals surface area (Å²) in [6.07, 6.45) is -6.25. The van der Waals surface area contributed by atoms with Crippen molar-refractivity contribution >= 4 is 34.4 Å². The van der Waals surface area contributed by atoms with E-state index in [-0.39, 0.29) is 5.56 Å². The Hall–Kier alpha value is -3.04. The van der Waals surface area contributed by atoms with Gasteiger partial charge in [-0.15, -0.1) is 0 Å². The number of aliphatic carboxylic acids is 1. The third kappa shape index (κ3) is 5.71. The van der Waals surface area contributed by atoms with Gasteiger partial charge in [0.2, 0.25) is 0 Å². The molecule has 10 heteroatoms. The quantitative estimate of drug-likeness (QED) is 0.404. The molecule has 6 nitrogen and oxygen atoms in total. The predicted octanol–water partition coefficient (Wildman–Crippen LogP) is 5.11. The highest BCUT2D eigenvalue weighted by molar-refractivity contribution is 6.35. The fraction of sp³-hybridized carbons (Fsp3) is 0.333. The van der Waals surface area contributed by atoms with E-state index in [0.29, 0.717) is 21.7 Å².